The molecule has 2 rings (SSSR count). The van der Waals surface area contributed by atoms with Crippen molar-refractivity contribution >= 4 is 17.4 Å². The summed E-state index contributed by atoms with van der Waals surface area (Å²) in [5, 5.41) is 7.38. The monoisotopic (exact) mass is 265 g/mol. The van der Waals surface area contributed by atoms with Crippen molar-refractivity contribution in [1.82, 2.24) is 15.1 Å². The van der Waals surface area contributed by atoms with Crippen LogP contribution in [-0.4, -0.2) is 34.3 Å². The first-order valence-corrected chi connectivity index (χ1v) is 6.76. The molecule has 1 aliphatic rings. The number of nitrogens with two attached hydrogens (primary N) is 1. The number of amides is 1. The van der Waals surface area contributed by atoms with Crippen LogP contribution in [0.5, 0.6) is 0 Å². The van der Waals surface area contributed by atoms with Gasteiger partial charge in [0.25, 0.3) is 0 Å². The summed E-state index contributed by atoms with van der Waals surface area (Å²) in [6.07, 6.45) is 1.87. The molecule has 6 heteroatoms. The number of carbonyl (C=O) groups is 1. The molecular weight excluding hydrogens is 242 g/mol. The van der Waals surface area contributed by atoms with Gasteiger partial charge in [-0.2, -0.15) is 5.10 Å². The summed E-state index contributed by atoms with van der Waals surface area (Å²) >= 11 is 0. The summed E-state index contributed by atoms with van der Waals surface area (Å²) in [6, 6.07) is 0. The quantitative estimate of drug-likeness (QED) is 0.842. The zero-order valence-corrected chi connectivity index (χ0v) is 12.2. The van der Waals surface area contributed by atoms with Crippen LogP contribution in [0.2, 0.25) is 0 Å². The van der Waals surface area contributed by atoms with Crippen LogP contribution in [0.4, 0.5) is 11.5 Å². The van der Waals surface area contributed by atoms with Crippen LogP contribution in [-0.2, 0) is 18.3 Å². The fourth-order valence-electron chi connectivity index (χ4n) is 2.60. The van der Waals surface area contributed by atoms with E-state index >= 15 is 0 Å². The first-order chi connectivity index (χ1) is 8.89. The van der Waals surface area contributed by atoms with Crippen molar-refractivity contribution in [3.8, 4) is 0 Å². The van der Waals surface area contributed by atoms with Gasteiger partial charge in [0.15, 0.2) is 5.82 Å². The minimum absolute atomic E-state index is 0.0244. The van der Waals surface area contributed by atoms with E-state index in [4.69, 9.17) is 5.73 Å². The standard InChI is InChI=1S/C13H23N5O/c1-5-6-9-10(14)11(17(4)16-9)18-8-7-15-12(19)13(18,2)3/h5-8,14H2,1-4H3,(H,15,19). The summed E-state index contributed by atoms with van der Waals surface area (Å²) < 4.78 is 1.79. The lowest BCUT2D eigenvalue weighted by atomic mass is 9.98. The number of rotatable bonds is 3. The van der Waals surface area contributed by atoms with Gasteiger partial charge in [-0.3, -0.25) is 9.48 Å². The lowest BCUT2D eigenvalue weighted by Crippen LogP contribution is -2.62. The molecule has 1 aromatic heterocycles. The highest BCUT2D eigenvalue weighted by molar-refractivity contribution is 5.91. The number of carbonyl (C=O) groups excluding carboxylic acids is 1. The first-order valence-electron chi connectivity index (χ1n) is 6.76. The number of hydrogen-bond donors (Lipinski definition) is 2. The maximum absolute atomic E-state index is 12.0. The van der Waals surface area contributed by atoms with E-state index in [-0.39, 0.29) is 5.91 Å². The van der Waals surface area contributed by atoms with Crippen molar-refractivity contribution in [2.75, 3.05) is 23.7 Å². The first kappa shape index (κ1) is 13.7. The summed E-state index contributed by atoms with van der Waals surface area (Å²) in [4.78, 5) is 14.1. The molecule has 19 heavy (non-hydrogen) atoms. The van der Waals surface area contributed by atoms with Crippen molar-refractivity contribution in [3.05, 3.63) is 5.69 Å². The third-order valence-electron chi connectivity index (χ3n) is 3.72. The predicted octanol–water partition coefficient (Wildman–Crippen LogP) is 0.670. The van der Waals surface area contributed by atoms with Gasteiger partial charge < -0.3 is 16.0 Å². The largest absolute Gasteiger partial charge is 0.394 e. The molecule has 1 amide bonds. The van der Waals surface area contributed by atoms with E-state index in [1.165, 1.54) is 0 Å². The van der Waals surface area contributed by atoms with E-state index in [0.717, 1.165) is 30.9 Å². The highest BCUT2D eigenvalue weighted by atomic mass is 16.2. The van der Waals surface area contributed by atoms with E-state index in [1.54, 1.807) is 4.68 Å². The minimum Gasteiger partial charge on any atom is -0.394 e. The minimum atomic E-state index is -0.607. The van der Waals surface area contributed by atoms with E-state index in [1.807, 2.05) is 25.8 Å². The number of nitrogen functional groups attached to an aromatic ring is 1. The normalized spacial score (nSPS) is 18.5. The molecule has 106 valence electrons. The molecule has 0 spiro atoms. The van der Waals surface area contributed by atoms with Gasteiger partial charge in [0.1, 0.15) is 5.54 Å². The summed E-state index contributed by atoms with van der Waals surface area (Å²) in [5.74, 6) is 0.875. The van der Waals surface area contributed by atoms with Crippen molar-refractivity contribution in [2.24, 2.45) is 7.05 Å². The molecule has 2 heterocycles. The number of nitrogens with zero attached hydrogens (tertiary/aromatic N) is 3. The fraction of sp³-hybridized carbons (Fsp3) is 0.692. The second-order valence-electron chi connectivity index (χ2n) is 5.52. The van der Waals surface area contributed by atoms with Crippen LogP contribution >= 0.6 is 0 Å². The van der Waals surface area contributed by atoms with E-state index in [9.17, 15) is 4.79 Å². The average molecular weight is 265 g/mol. The molecular formula is C13H23N5O. The topological polar surface area (TPSA) is 76.2 Å². The molecule has 1 aromatic rings. The van der Waals surface area contributed by atoms with Gasteiger partial charge in [0, 0.05) is 20.1 Å². The molecule has 1 saturated heterocycles. The number of aromatic nitrogens is 2. The van der Waals surface area contributed by atoms with Crippen LogP contribution in [0.25, 0.3) is 0 Å². The van der Waals surface area contributed by atoms with Crippen molar-refractivity contribution < 1.29 is 4.79 Å². The van der Waals surface area contributed by atoms with E-state index in [0.29, 0.717) is 12.2 Å². The number of piperazine rings is 1. The Labute approximate surface area is 113 Å². The van der Waals surface area contributed by atoms with Crippen LogP contribution in [0.15, 0.2) is 0 Å². The van der Waals surface area contributed by atoms with Gasteiger partial charge in [-0.25, -0.2) is 0 Å². The number of hydrogen-bond acceptors (Lipinski definition) is 4. The lowest BCUT2D eigenvalue weighted by molar-refractivity contribution is -0.126. The lowest BCUT2D eigenvalue weighted by Gasteiger charge is -2.42. The Morgan fingerprint density at radius 1 is 1.47 bits per heavy atom. The van der Waals surface area contributed by atoms with Crippen LogP contribution < -0.4 is 16.0 Å². The van der Waals surface area contributed by atoms with Gasteiger partial charge in [-0.05, 0) is 20.3 Å². The van der Waals surface area contributed by atoms with Crippen LogP contribution in [0, 0.1) is 0 Å². The number of aryl methyl sites for hydroxylation is 2. The molecule has 0 saturated carbocycles. The van der Waals surface area contributed by atoms with Crippen LogP contribution in [0.3, 0.4) is 0 Å². The van der Waals surface area contributed by atoms with Gasteiger partial charge in [0.05, 0.1) is 11.4 Å². The molecule has 1 fully saturated rings. The molecule has 0 unspecified atom stereocenters. The second kappa shape index (κ2) is 4.75. The molecule has 0 atom stereocenters. The Morgan fingerprint density at radius 2 is 2.16 bits per heavy atom. The Hall–Kier alpha value is -1.72. The maximum Gasteiger partial charge on any atom is 0.245 e. The number of anilines is 2. The number of nitrogens with one attached hydrogen (secondary N) is 1. The SMILES string of the molecule is CCCc1nn(C)c(N2CCNC(=O)C2(C)C)c1N. The Bertz CT molecular complexity index is 491. The smallest absolute Gasteiger partial charge is 0.245 e. The second-order valence-corrected chi connectivity index (χ2v) is 5.52. The summed E-state index contributed by atoms with van der Waals surface area (Å²) in [7, 11) is 1.88. The molecule has 0 aromatic carbocycles. The maximum atomic E-state index is 12.0. The van der Waals surface area contributed by atoms with Gasteiger partial charge in [-0.15, -0.1) is 0 Å². The third-order valence-corrected chi connectivity index (χ3v) is 3.72. The molecule has 3 N–H and O–H groups in total. The van der Waals surface area contributed by atoms with Gasteiger partial charge >= 0.3 is 0 Å². The highest BCUT2D eigenvalue weighted by Crippen LogP contribution is 2.33. The highest BCUT2D eigenvalue weighted by Gasteiger charge is 2.40. The van der Waals surface area contributed by atoms with Crippen molar-refractivity contribution in [1.29, 1.82) is 0 Å². The third kappa shape index (κ3) is 2.15. The van der Waals surface area contributed by atoms with Gasteiger partial charge in [0.2, 0.25) is 5.91 Å². The van der Waals surface area contributed by atoms with Crippen molar-refractivity contribution in [2.45, 2.75) is 39.2 Å². The van der Waals surface area contributed by atoms with E-state index < -0.39 is 5.54 Å². The molecule has 0 aliphatic carbocycles. The van der Waals surface area contributed by atoms with Gasteiger partial charge in [-0.1, -0.05) is 13.3 Å². The predicted molar refractivity (Wildman–Crippen MR) is 76.1 cm³/mol. The average Bonchev–Trinajstić information content (AvgIpc) is 2.60. The molecule has 0 radical (unpaired) electrons. The fourth-order valence-corrected chi connectivity index (χ4v) is 2.60. The zero-order valence-electron chi connectivity index (χ0n) is 12.2. The van der Waals surface area contributed by atoms with Crippen molar-refractivity contribution in [3.63, 3.8) is 0 Å². The Kier molecular flexibility index (Phi) is 3.43. The molecule has 6 nitrogen and oxygen atoms in total. The Balaban J connectivity index is 2.43. The molecule has 1 aliphatic heterocycles. The zero-order chi connectivity index (χ0) is 14.2. The summed E-state index contributed by atoms with van der Waals surface area (Å²) in [6.45, 7) is 7.30. The van der Waals surface area contributed by atoms with E-state index in [2.05, 4.69) is 17.3 Å². The summed E-state index contributed by atoms with van der Waals surface area (Å²) in [5.41, 5.74) is 7.24. The Morgan fingerprint density at radius 3 is 2.79 bits per heavy atom. The molecule has 0 bridgehead atoms. The van der Waals surface area contributed by atoms with Crippen LogP contribution in [0.1, 0.15) is 32.9 Å².